The fourth-order valence-corrected chi connectivity index (χ4v) is 4.97. The van der Waals surface area contributed by atoms with Gasteiger partial charge in [-0.1, -0.05) is 34.1 Å². The summed E-state index contributed by atoms with van der Waals surface area (Å²) >= 11 is 4.71. The lowest BCUT2D eigenvalue weighted by molar-refractivity contribution is -0.132. The molecule has 0 spiro atoms. The van der Waals surface area contributed by atoms with Crippen molar-refractivity contribution in [3.63, 3.8) is 0 Å². The van der Waals surface area contributed by atoms with Gasteiger partial charge in [0.15, 0.2) is 10.9 Å². The van der Waals surface area contributed by atoms with E-state index < -0.39 is 17.7 Å². The Bertz CT molecular complexity index is 1380. The van der Waals surface area contributed by atoms with Crippen molar-refractivity contribution in [1.29, 1.82) is 0 Å². The summed E-state index contributed by atoms with van der Waals surface area (Å²) < 4.78 is 2.50. The summed E-state index contributed by atoms with van der Waals surface area (Å²) in [4.78, 5) is 36.3. The first kappa shape index (κ1) is 19.7. The van der Waals surface area contributed by atoms with E-state index in [0.717, 1.165) is 4.47 Å². The van der Waals surface area contributed by atoms with Crippen molar-refractivity contribution in [2.24, 2.45) is 0 Å². The van der Waals surface area contributed by atoms with E-state index in [1.54, 1.807) is 29.1 Å². The van der Waals surface area contributed by atoms with Gasteiger partial charge >= 0.3 is 5.91 Å². The van der Waals surface area contributed by atoms with Crippen LogP contribution in [0, 0.1) is 6.92 Å². The zero-order chi connectivity index (χ0) is 21.7. The molecule has 1 aliphatic rings. The highest BCUT2D eigenvalue weighted by Gasteiger charge is 2.48. The largest absolute Gasteiger partial charge is 0.505 e. The second-order valence-corrected chi connectivity index (χ2v) is 8.80. The number of benzene rings is 1. The number of hydrogen-bond acceptors (Lipinski definition) is 6. The van der Waals surface area contributed by atoms with Crippen LogP contribution in [0.1, 0.15) is 23.0 Å². The number of nitrogens with zero attached hydrogens (tertiary/aromatic N) is 4. The third kappa shape index (κ3) is 3.08. The number of rotatable bonds is 3. The Hall–Kier alpha value is -3.30. The van der Waals surface area contributed by atoms with E-state index in [0.29, 0.717) is 27.7 Å². The summed E-state index contributed by atoms with van der Waals surface area (Å²) in [6.45, 7) is 1.76. The van der Waals surface area contributed by atoms with Crippen molar-refractivity contribution < 1.29 is 14.7 Å². The molecule has 0 aliphatic carbocycles. The minimum Gasteiger partial charge on any atom is -0.505 e. The molecule has 154 valence electrons. The van der Waals surface area contributed by atoms with E-state index in [4.69, 9.17) is 0 Å². The van der Waals surface area contributed by atoms with Gasteiger partial charge in [-0.15, -0.1) is 11.3 Å². The Morgan fingerprint density at radius 3 is 2.77 bits per heavy atom. The van der Waals surface area contributed by atoms with Crippen LogP contribution in [-0.4, -0.2) is 31.2 Å². The van der Waals surface area contributed by atoms with Crippen molar-refractivity contribution in [2.45, 2.75) is 13.0 Å². The fourth-order valence-electron chi connectivity index (χ4n) is 3.88. The summed E-state index contributed by atoms with van der Waals surface area (Å²) in [7, 11) is 0. The van der Waals surface area contributed by atoms with Crippen molar-refractivity contribution in [2.75, 3.05) is 4.90 Å². The Balaban J connectivity index is 1.80. The van der Waals surface area contributed by atoms with Crippen molar-refractivity contribution in [1.82, 2.24) is 14.4 Å². The quantitative estimate of drug-likeness (QED) is 0.257. The fraction of sp³-hybridized carbons (Fsp3) is 0.0909. The molecule has 1 aromatic carbocycles. The summed E-state index contributed by atoms with van der Waals surface area (Å²) in [5.74, 6) is -1.76. The van der Waals surface area contributed by atoms with Crippen LogP contribution in [-0.2, 0) is 9.59 Å². The zero-order valence-corrected chi connectivity index (χ0v) is 18.6. The lowest BCUT2D eigenvalue weighted by atomic mass is 9.96. The number of carbonyl (C=O) groups excluding carboxylic acids is 2. The van der Waals surface area contributed by atoms with Crippen LogP contribution >= 0.6 is 27.3 Å². The Labute approximate surface area is 189 Å². The van der Waals surface area contributed by atoms with E-state index >= 15 is 0 Å². The van der Waals surface area contributed by atoms with Gasteiger partial charge in [0.05, 0.1) is 17.3 Å². The van der Waals surface area contributed by atoms with Gasteiger partial charge in [0.2, 0.25) is 0 Å². The van der Waals surface area contributed by atoms with Crippen LogP contribution in [0.25, 0.3) is 11.4 Å². The topological polar surface area (TPSA) is 87.8 Å². The molecule has 0 radical (unpaired) electrons. The molecule has 1 aliphatic heterocycles. The molecule has 0 bridgehead atoms. The highest BCUT2D eigenvalue weighted by Crippen LogP contribution is 2.43. The summed E-state index contributed by atoms with van der Waals surface area (Å²) in [5.41, 5.74) is 2.25. The molecule has 5 rings (SSSR count). The number of amides is 1. The molecule has 1 amide bonds. The van der Waals surface area contributed by atoms with Gasteiger partial charge in [-0.3, -0.25) is 18.9 Å². The molecule has 1 N–H and O–H groups in total. The molecule has 31 heavy (non-hydrogen) atoms. The van der Waals surface area contributed by atoms with E-state index in [9.17, 15) is 14.7 Å². The summed E-state index contributed by atoms with van der Waals surface area (Å²) in [6, 6.07) is 12.0. The first-order valence-electron chi connectivity index (χ1n) is 9.37. The maximum absolute atomic E-state index is 13.2. The van der Waals surface area contributed by atoms with Gasteiger partial charge in [0.25, 0.3) is 5.78 Å². The second kappa shape index (κ2) is 7.44. The summed E-state index contributed by atoms with van der Waals surface area (Å²) in [6.07, 6.45) is 3.33. The monoisotopic (exact) mass is 494 g/mol. The number of thiazole rings is 1. The van der Waals surface area contributed by atoms with Gasteiger partial charge < -0.3 is 5.11 Å². The molecule has 4 heterocycles. The number of aromatic nitrogens is 3. The number of hydrogen-bond donors (Lipinski definition) is 1. The average molecular weight is 495 g/mol. The predicted octanol–water partition coefficient (Wildman–Crippen LogP) is 4.49. The van der Waals surface area contributed by atoms with E-state index in [1.807, 2.05) is 42.5 Å². The number of fused-ring (bicyclic) bond motifs is 1. The molecule has 7 nitrogen and oxygen atoms in total. The molecular formula is C22H15BrN4O3S. The highest BCUT2D eigenvalue weighted by atomic mass is 79.9. The number of aliphatic hydroxyl groups excluding tert-OH is 1. The number of halogens is 1. The van der Waals surface area contributed by atoms with Crippen molar-refractivity contribution in [3.05, 3.63) is 87.2 Å². The maximum Gasteiger partial charge on any atom is 0.301 e. The summed E-state index contributed by atoms with van der Waals surface area (Å²) in [5, 5.41) is 13.5. The number of anilines is 1. The number of aryl methyl sites for hydroxylation is 1. The predicted molar refractivity (Wildman–Crippen MR) is 121 cm³/mol. The SMILES string of the molecule is Cc1nc2ccccn2c1/C(O)=C1\C(=O)C(=O)N(c2nccs2)C1c1cccc(Br)c1. The van der Waals surface area contributed by atoms with Crippen LogP contribution < -0.4 is 4.90 Å². The maximum atomic E-state index is 13.2. The molecule has 1 fully saturated rings. The van der Waals surface area contributed by atoms with Crippen molar-refractivity contribution in [3.8, 4) is 0 Å². The second-order valence-electron chi connectivity index (χ2n) is 7.01. The Kier molecular flexibility index (Phi) is 4.71. The van der Waals surface area contributed by atoms with Crippen LogP contribution in [0.5, 0.6) is 0 Å². The number of imidazole rings is 1. The van der Waals surface area contributed by atoms with E-state index in [2.05, 4.69) is 25.9 Å². The van der Waals surface area contributed by atoms with Crippen LogP contribution in [0.4, 0.5) is 5.13 Å². The third-order valence-electron chi connectivity index (χ3n) is 5.16. The molecule has 1 saturated heterocycles. The van der Waals surface area contributed by atoms with E-state index in [1.165, 1.54) is 16.2 Å². The standard InChI is InChI=1S/C22H15BrN4O3S/c1-12-17(26-9-3-2-7-15(26)25-12)19(28)16-18(13-5-4-6-14(23)11-13)27(21(30)20(16)29)22-24-8-10-31-22/h2-11,18,28H,1H3/b19-16+. The number of aliphatic hydroxyl groups is 1. The number of ketones is 1. The first-order chi connectivity index (χ1) is 15.0. The highest BCUT2D eigenvalue weighted by molar-refractivity contribution is 9.10. The molecule has 9 heteroatoms. The third-order valence-corrected chi connectivity index (χ3v) is 6.43. The minimum absolute atomic E-state index is 0.00653. The lowest BCUT2D eigenvalue weighted by Crippen LogP contribution is -2.29. The minimum atomic E-state index is -0.822. The average Bonchev–Trinajstić information content (AvgIpc) is 3.45. The van der Waals surface area contributed by atoms with Crippen molar-refractivity contribution >= 4 is 55.5 Å². The zero-order valence-electron chi connectivity index (χ0n) is 16.2. The van der Waals surface area contributed by atoms with Gasteiger partial charge in [0, 0.05) is 22.2 Å². The lowest BCUT2D eigenvalue weighted by Gasteiger charge is -2.23. The smallest absolute Gasteiger partial charge is 0.301 e. The molecule has 3 aromatic heterocycles. The molecule has 0 saturated carbocycles. The van der Waals surface area contributed by atoms with Crippen LogP contribution in [0.15, 0.2) is 70.3 Å². The molecular weight excluding hydrogens is 480 g/mol. The van der Waals surface area contributed by atoms with Gasteiger partial charge in [-0.05, 0) is 36.8 Å². The Morgan fingerprint density at radius 1 is 1.19 bits per heavy atom. The number of carbonyl (C=O) groups is 2. The van der Waals surface area contributed by atoms with E-state index in [-0.39, 0.29) is 11.3 Å². The molecule has 1 atom stereocenters. The van der Waals surface area contributed by atoms with Crippen LogP contribution in [0.3, 0.4) is 0 Å². The normalized spacial score (nSPS) is 18.3. The molecule has 4 aromatic rings. The Morgan fingerprint density at radius 2 is 2.03 bits per heavy atom. The van der Waals surface area contributed by atoms with Crippen LogP contribution in [0.2, 0.25) is 0 Å². The number of Topliss-reactive ketones (excluding diaryl/α,β-unsaturated/α-hetero) is 1. The van der Waals surface area contributed by atoms with Gasteiger partial charge in [0.1, 0.15) is 11.3 Å². The number of pyridine rings is 1. The molecule has 1 unspecified atom stereocenters. The van der Waals surface area contributed by atoms with Gasteiger partial charge in [-0.25, -0.2) is 9.97 Å². The van der Waals surface area contributed by atoms with Gasteiger partial charge in [-0.2, -0.15) is 0 Å². The first-order valence-corrected chi connectivity index (χ1v) is 11.0.